The van der Waals surface area contributed by atoms with E-state index in [-0.39, 0.29) is 12.2 Å². The van der Waals surface area contributed by atoms with Gasteiger partial charge in [-0.1, -0.05) is 24.3 Å². The third-order valence-corrected chi connectivity index (χ3v) is 6.45. The number of fused-ring (bicyclic) bond motifs is 1. The zero-order chi connectivity index (χ0) is 22.2. The number of nitrogens with zero attached hydrogens (tertiary/aromatic N) is 4. The lowest BCUT2D eigenvalue weighted by atomic mass is 9.96. The highest BCUT2D eigenvalue weighted by molar-refractivity contribution is 14.1. The first kappa shape index (κ1) is 20.8. The second kappa shape index (κ2) is 8.48. The van der Waals surface area contributed by atoms with Crippen molar-refractivity contribution in [3.05, 3.63) is 109 Å². The van der Waals surface area contributed by atoms with E-state index in [1.54, 1.807) is 21.5 Å². The van der Waals surface area contributed by atoms with Gasteiger partial charge >= 0.3 is 0 Å². The molecule has 0 fully saturated rings. The summed E-state index contributed by atoms with van der Waals surface area (Å²) in [7, 11) is 1.89. The summed E-state index contributed by atoms with van der Waals surface area (Å²) in [6, 6.07) is 17.2. The van der Waals surface area contributed by atoms with Crippen LogP contribution >= 0.6 is 22.6 Å². The van der Waals surface area contributed by atoms with E-state index in [1.807, 2.05) is 55.8 Å². The lowest BCUT2D eigenvalue weighted by Crippen LogP contribution is -2.26. The molecule has 0 saturated heterocycles. The zero-order valence-corrected chi connectivity index (χ0v) is 19.6. The van der Waals surface area contributed by atoms with Crippen molar-refractivity contribution < 1.29 is 5.11 Å². The number of halogens is 1. The van der Waals surface area contributed by atoms with E-state index in [4.69, 9.17) is 4.99 Å². The minimum atomic E-state index is -0.421. The molecule has 0 spiro atoms. The van der Waals surface area contributed by atoms with Crippen LogP contribution in [0, 0.1) is 3.57 Å². The number of hydrogen-bond donors (Lipinski definition) is 1. The minimum Gasteiger partial charge on any atom is -0.394 e. The fourth-order valence-corrected chi connectivity index (χ4v) is 4.72. The van der Waals surface area contributed by atoms with E-state index < -0.39 is 6.04 Å². The molecule has 7 heteroatoms. The first-order valence-electron chi connectivity index (χ1n) is 10.3. The molecule has 2 aromatic carbocycles. The first-order valence-corrected chi connectivity index (χ1v) is 11.4. The molecule has 1 aliphatic heterocycles. The minimum absolute atomic E-state index is 0.150. The van der Waals surface area contributed by atoms with Crippen molar-refractivity contribution >= 4 is 28.3 Å². The molecule has 32 heavy (non-hydrogen) atoms. The van der Waals surface area contributed by atoms with Crippen molar-refractivity contribution in [1.29, 1.82) is 0 Å². The molecule has 0 unspecified atom stereocenters. The highest BCUT2D eigenvalue weighted by atomic mass is 127. The predicted octanol–water partition coefficient (Wildman–Crippen LogP) is 3.79. The van der Waals surface area contributed by atoms with Gasteiger partial charge in [0.2, 0.25) is 0 Å². The molecule has 160 valence electrons. The molecule has 0 aliphatic carbocycles. The van der Waals surface area contributed by atoms with Crippen molar-refractivity contribution in [2.45, 2.75) is 12.6 Å². The van der Waals surface area contributed by atoms with Gasteiger partial charge in [-0.3, -0.25) is 14.5 Å². The summed E-state index contributed by atoms with van der Waals surface area (Å²) in [4.78, 5) is 17.7. The fourth-order valence-electron chi connectivity index (χ4n) is 4.15. The molecule has 1 N–H and O–H groups in total. The number of hydrogen-bond acceptors (Lipinski definition) is 4. The molecule has 0 radical (unpaired) electrons. The van der Waals surface area contributed by atoms with Crippen molar-refractivity contribution in [2.24, 2.45) is 12.0 Å². The average molecular weight is 536 g/mol. The van der Waals surface area contributed by atoms with Gasteiger partial charge in [0, 0.05) is 40.2 Å². The van der Waals surface area contributed by atoms with Crippen LogP contribution in [0.1, 0.15) is 28.3 Å². The summed E-state index contributed by atoms with van der Waals surface area (Å²) in [6.07, 6.45) is 5.55. The molecule has 1 atom stereocenters. The standard InChI is InChI=1S/C25H21IN4O2/c1-29-14-20(13-28-29)25-22-10-16(5-6-19(22)12-27-25)17-7-8-30(24(32)11-17)23(15-31)18-3-2-4-21(26)9-18/h2-11,13-14,23,31H,12,15H2,1H3/t23-/m1/s1. The first-order chi connectivity index (χ1) is 15.5. The second-order valence-electron chi connectivity index (χ2n) is 7.85. The Morgan fingerprint density at radius 2 is 1.94 bits per heavy atom. The van der Waals surface area contributed by atoms with Crippen LogP contribution in [-0.2, 0) is 13.6 Å². The predicted molar refractivity (Wildman–Crippen MR) is 133 cm³/mol. The number of aromatic nitrogens is 3. The van der Waals surface area contributed by atoms with Gasteiger partial charge in [0.25, 0.3) is 5.56 Å². The summed E-state index contributed by atoms with van der Waals surface area (Å²) in [5.74, 6) is 0. The van der Waals surface area contributed by atoms with Gasteiger partial charge in [0.1, 0.15) is 0 Å². The lowest BCUT2D eigenvalue weighted by molar-refractivity contribution is 0.247. The zero-order valence-electron chi connectivity index (χ0n) is 17.4. The van der Waals surface area contributed by atoms with E-state index in [9.17, 15) is 9.90 Å². The third kappa shape index (κ3) is 3.82. The SMILES string of the molecule is Cn1cc(C2=NCc3ccc(-c4ccn([C@H](CO)c5cccc(I)c5)c(=O)c4)cc32)cn1. The van der Waals surface area contributed by atoms with Gasteiger partial charge in [-0.2, -0.15) is 5.10 Å². The Labute approximate surface area is 199 Å². The molecule has 4 aromatic rings. The molecule has 5 rings (SSSR count). The number of aliphatic hydroxyl groups excluding tert-OH is 1. The molecule has 0 amide bonds. The van der Waals surface area contributed by atoms with Gasteiger partial charge in [-0.05, 0) is 69.1 Å². The van der Waals surface area contributed by atoms with Crippen molar-refractivity contribution in [3.63, 3.8) is 0 Å². The van der Waals surface area contributed by atoms with Crippen molar-refractivity contribution in [1.82, 2.24) is 14.3 Å². The Morgan fingerprint density at radius 3 is 2.66 bits per heavy atom. The Morgan fingerprint density at radius 1 is 1.09 bits per heavy atom. The molecule has 0 saturated carbocycles. The van der Waals surface area contributed by atoms with E-state index in [0.29, 0.717) is 6.54 Å². The van der Waals surface area contributed by atoms with Crippen LogP contribution in [0.2, 0.25) is 0 Å². The lowest BCUT2D eigenvalue weighted by Gasteiger charge is -2.19. The van der Waals surface area contributed by atoms with Crippen LogP contribution in [0.3, 0.4) is 0 Å². The Bertz CT molecular complexity index is 1400. The number of aliphatic imine (C=N–C) groups is 1. The van der Waals surface area contributed by atoms with Crippen LogP contribution < -0.4 is 5.56 Å². The molecule has 2 aromatic heterocycles. The maximum absolute atomic E-state index is 13.0. The summed E-state index contributed by atoms with van der Waals surface area (Å²) in [6.45, 7) is 0.499. The van der Waals surface area contributed by atoms with E-state index in [0.717, 1.165) is 37.1 Å². The summed E-state index contributed by atoms with van der Waals surface area (Å²) >= 11 is 2.23. The molecule has 3 heterocycles. The number of rotatable bonds is 5. The smallest absolute Gasteiger partial charge is 0.251 e. The maximum Gasteiger partial charge on any atom is 0.251 e. The normalized spacial score (nSPS) is 13.7. The average Bonchev–Trinajstić information content (AvgIpc) is 3.40. The monoisotopic (exact) mass is 536 g/mol. The molecular formula is C25H21IN4O2. The molecule has 6 nitrogen and oxygen atoms in total. The van der Waals surface area contributed by atoms with Gasteiger partial charge in [-0.25, -0.2) is 0 Å². The van der Waals surface area contributed by atoms with E-state index in [1.165, 1.54) is 5.56 Å². The van der Waals surface area contributed by atoms with Crippen LogP contribution in [0.25, 0.3) is 11.1 Å². The van der Waals surface area contributed by atoms with Crippen LogP contribution in [-0.4, -0.2) is 31.8 Å². The Hall–Kier alpha value is -3.04. The highest BCUT2D eigenvalue weighted by Crippen LogP contribution is 2.28. The largest absolute Gasteiger partial charge is 0.394 e. The van der Waals surface area contributed by atoms with Gasteiger partial charge in [-0.15, -0.1) is 0 Å². The number of aliphatic hydroxyl groups is 1. The van der Waals surface area contributed by atoms with Gasteiger partial charge in [0.15, 0.2) is 0 Å². The molecule has 1 aliphatic rings. The van der Waals surface area contributed by atoms with Gasteiger partial charge in [0.05, 0.1) is 31.1 Å². The van der Waals surface area contributed by atoms with Crippen LogP contribution in [0.5, 0.6) is 0 Å². The summed E-state index contributed by atoms with van der Waals surface area (Å²) < 4.78 is 4.42. The quantitative estimate of drug-likeness (QED) is 0.395. The van der Waals surface area contributed by atoms with Crippen LogP contribution in [0.4, 0.5) is 0 Å². The fraction of sp³-hybridized carbons (Fsp3) is 0.160. The highest BCUT2D eigenvalue weighted by Gasteiger charge is 2.20. The second-order valence-corrected chi connectivity index (χ2v) is 9.10. The number of aryl methyl sites for hydroxylation is 1. The summed E-state index contributed by atoms with van der Waals surface area (Å²) in [5.41, 5.74) is 6.72. The Balaban J connectivity index is 1.50. The molecule has 0 bridgehead atoms. The number of benzene rings is 2. The third-order valence-electron chi connectivity index (χ3n) is 5.77. The van der Waals surface area contributed by atoms with E-state index in [2.05, 4.69) is 39.8 Å². The number of pyridine rings is 1. The van der Waals surface area contributed by atoms with E-state index >= 15 is 0 Å². The van der Waals surface area contributed by atoms with Crippen molar-refractivity contribution in [2.75, 3.05) is 6.61 Å². The topological polar surface area (TPSA) is 72.4 Å². The van der Waals surface area contributed by atoms with Gasteiger partial charge < -0.3 is 9.67 Å². The van der Waals surface area contributed by atoms with Crippen molar-refractivity contribution in [3.8, 4) is 11.1 Å². The maximum atomic E-state index is 13.0. The Kier molecular flexibility index (Phi) is 5.52. The molecular weight excluding hydrogens is 515 g/mol. The summed E-state index contributed by atoms with van der Waals surface area (Å²) in [5, 5.41) is 14.3. The van der Waals surface area contributed by atoms with Crippen LogP contribution in [0.15, 0.2) is 83.0 Å².